The van der Waals surface area contributed by atoms with Crippen LogP contribution in [0.25, 0.3) is 0 Å². The van der Waals surface area contributed by atoms with E-state index in [-0.39, 0.29) is 16.4 Å². The van der Waals surface area contributed by atoms with Crippen molar-refractivity contribution in [3.8, 4) is 0 Å². The second-order valence-electron chi connectivity index (χ2n) is 4.51. The van der Waals surface area contributed by atoms with Gasteiger partial charge in [0.2, 0.25) is 0 Å². The molecule has 1 amide bonds. The Morgan fingerprint density at radius 2 is 2.00 bits per heavy atom. The number of carbonyl (C=O) groups is 1. The number of nitrogens with zero attached hydrogens (tertiary/aromatic N) is 3. The molecular weight excluding hydrogens is 376 g/mol. The number of aryl methyl sites for hydroxylation is 1. The normalized spacial score (nSPS) is 11.4. The minimum absolute atomic E-state index is 0.0386. The first-order valence-electron chi connectivity index (χ1n) is 6.07. The van der Waals surface area contributed by atoms with Crippen molar-refractivity contribution >= 4 is 40.5 Å². The molecular formula is C12H7Cl2F3N4O3. The van der Waals surface area contributed by atoms with Gasteiger partial charge < -0.3 is 5.32 Å². The van der Waals surface area contributed by atoms with Gasteiger partial charge in [-0.3, -0.25) is 19.6 Å². The van der Waals surface area contributed by atoms with Gasteiger partial charge >= 0.3 is 6.18 Å². The van der Waals surface area contributed by atoms with Crippen LogP contribution in [0, 0.1) is 10.1 Å². The first-order valence-corrected chi connectivity index (χ1v) is 6.83. The third-order valence-electron chi connectivity index (χ3n) is 2.88. The number of hydrogen-bond acceptors (Lipinski definition) is 4. The number of nitro benzene ring substituents is 1. The van der Waals surface area contributed by atoms with Crippen LogP contribution in [0.3, 0.4) is 0 Å². The summed E-state index contributed by atoms with van der Waals surface area (Å²) < 4.78 is 38.9. The lowest BCUT2D eigenvalue weighted by Gasteiger charge is -2.07. The summed E-state index contributed by atoms with van der Waals surface area (Å²) in [6.45, 7) is 0. The number of rotatable bonds is 3. The van der Waals surface area contributed by atoms with Gasteiger partial charge in [-0.1, -0.05) is 23.2 Å². The fourth-order valence-electron chi connectivity index (χ4n) is 1.83. The summed E-state index contributed by atoms with van der Waals surface area (Å²) >= 11 is 11.4. The van der Waals surface area contributed by atoms with Crippen molar-refractivity contribution in [1.29, 1.82) is 0 Å². The predicted octanol–water partition coefficient (Wildman–Crippen LogP) is 3.91. The molecule has 0 atom stereocenters. The Kier molecular flexibility index (Phi) is 4.72. The van der Waals surface area contributed by atoms with Crippen LogP contribution >= 0.6 is 23.2 Å². The van der Waals surface area contributed by atoms with Crippen LogP contribution in [0.15, 0.2) is 18.2 Å². The highest BCUT2D eigenvalue weighted by molar-refractivity contribution is 6.36. The quantitative estimate of drug-likeness (QED) is 0.643. The highest BCUT2D eigenvalue weighted by atomic mass is 35.5. The average molecular weight is 383 g/mol. The van der Waals surface area contributed by atoms with Crippen molar-refractivity contribution in [2.45, 2.75) is 6.18 Å². The fourth-order valence-corrected chi connectivity index (χ4v) is 2.35. The molecule has 0 spiro atoms. The van der Waals surface area contributed by atoms with Crippen LogP contribution < -0.4 is 5.32 Å². The number of alkyl halides is 3. The van der Waals surface area contributed by atoms with Gasteiger partial charge in [0, 0.05) is 19.2 Å². The average Bonchev–Trinajstić information content (AvgIpc) is 2.76. The number of benzene rings is 1. The molecule has 1 aromatic heterocycles. The zero-order valence-electron chi connectivity index (χ0n) is 11.7. The largest absolute Gasteiger partial charge is 0.436 e. The van der Waals surface area contributed by atoms with E-state index in [2.05, 4.69) is 10.4 Å². The number of anilines is 1. The van der Waals surface area contributed by atoms with Crippen LogP contribution in [0.4, 0.5) is 24.5 Å². The molecule has 0 aliphatic carbocycles. The van der Waals surface area contributed by atoms with E-state index in [4.69, 9.17) is 23.2 Å². The van der Waals surface area contributed by atoms with E-state index in [1.807, 2.05) is 0 Å². The monoisotopic (exact) mass is 382 g/mol. The summed E-state index contributed by atoms with van der Waals surface area (Å²) in [4.78, 5) is 22.2. The van der Waals surface area contributed by atoms with Crippen molar-refractivity contribution < 1.29 is 22.9 Å². The first kappa shape index (κ1) is 18.0. The standard InChI is InChI=1S/C12H7Cl2F3N4O3/c1-20-9(8(14)10(19-20)12(15,16)17)11(22)18-7-4-5(21(23)24)2-3-6(7)13/h2-4H,1H3,(H,18,22). The van der Waals surface area contributed by atoms with Crippen molar-refractivity contribution in [2.75, 3.05) is 5.32 Å². The summed E-state index contributed by atoms with van der Waals surface area (Å²) in [6, 6.07) is 3.24. The minimum Gasteiger partial charge on any atom is -0.319 e. The Balaban J connectivity index is 2.40. The maximum Gasteiger partial charge on any atom is 0.436 e. The van der Waals surface area contributed by atoms with Gasteiger partial charge in [0.25, 0.3) is 11.6 Å². The maximum atomic E-state index is 12.8. The number of nitrogens with one attached hydrogen (secondary N) is 1. The van der Waals surface area contributed by atoms with Gasteiger partial charge in [0.05, 0.1) is 15.6 Å². The topological polar surface area (TPSA) is 90.1 Å². The van der Waals surface area contributed by atoms with Crippen molar-refractivity contribution in [2.24, 2.45) is 7.05 Å². The lowest BCUT2D eigenvalue weighted by atomic mass is 10.2. The van der Waals surface area contributed by atoms with Gasteiger partial charge in [-0.2, -0.15) is 18.3 Å². The highest BCUT2D eigenvalue weighted by Crippen LogP contribution is 2.36. The minimum atomic E-state index is -4.84. The molecule has 0 bridgehead atoms. The molecule has 7 nitrogen and oxygen atoms in total. The molecule has 1 heterocycles. The number of aromatic nitrogens is 2. The van der Waals surface area contributed by atoms with Crippen LogP contribution in [-0.2, 0) is 13.2 Å². The van der Waals surface area contributed by atoms with E-state index >= 15 is 0 Å². The molecule has 0 aliphatic heterocycles. The van der Waals surface area contributed by atoms with E-state index in [0.29, 0.717) is 4.68 Å². The molecule has 2 rings (SSSR count). The maximum absolute atomic E-state index is 12.8. The van der Waals surface area contributed by atoms with E-state index < -0.39 is 33.4 Å². The van der Waals surface area contributed by atoms with Crippen LogP contribution in [0.1, 0.15) is 16.2 Å². The van der Waals surface area contributed by atoms with Crippen LogP contribution in [-0.4, -0.2) is 20.6 Å². The predicted molar refractivity (Wildman–Crippen MR) is 79.3 cm³/mol. The van der Waals surface area contributed by atoms with E-state index in [9.17, 15) is 28.1 Å². The van der Waals surface area contributed by atoms with Gasteiger partial charge in [-0.15, -0.1) is 0 Å². The first-order chi connectivity index (χ1) is 11.0. The summed E-state index contributed by atoms with van der Waals surface area (Å²) in [5.41, 5.74) is -2.49. The molecule has 1 N–H and O–H groups in total. The number of carbonyl (C=O) groups excluding carboxylic acids is 1. The molecule has 0 unspecified atom stereocenters. The van der Waals surface area contributed by atoms with Crippen molar-refractivity contribution in [1.82, 2.24) is 9.78 Å². The Morgan fingerprint density at radius 1 is 1.38 bits per heavy atom. The molecule has 1 aromatic carbocycles. The van der Waals surface area contributed by atoms with Gasteiger partial charge in [0.1, 0.15) is 10.7 Å². The Hall–Kier alpha value is -2.33. The molecule has 0 radical (unpaired) electrons. The lowest BCUT2D eigenvalue weighted by molar-refractivity contribution is -0.384. The molecule has 24 heavy (non-hydrogen) atoms. The number of amides is 1. The summed E-state index contributed by atoms with van der Waals surface area (Å²) in [5.74, 6) is -1.05. The van der Waals surface area contributed by atoms with Gasteiger partial charge in [0.15, 0.2) is 5.69 Å². The van der Waals surface area contributed by atoms with Crippen LogP contribution in [0.2, 0.25) is 10.0 Å². The fraction of sp³-hybridized carbons (Fsp3) is 0.167. The number of halogens is 5. The summed E-state index contributed by atoms with van der Waals surface area (Å²) in [6.07, 6.45) is -4.84. The van der Waals surface area contributed by atoms with Crippen LogP contribution in [0.5, 0.6) is 0 Å². The Labute approximate surface area is 142 Å². The summed E-state index contributed by atoms with van der Waals surface area (Å²) in [7, 11) is 1.10. The molecule has 0 aliphatic rings. The molecule has 128 valence electrons. The zero-order chi connectivity index (χ0) is 18.2. The molecule has 0 fully saturated rings. The molecule has 12 heteroatoms. The van der Waals surface area contributed by atoms with Crippen molar-refractivity contribution in [3.63, 3.8) is 0 Å². The van der Waals surface area contributed by atoms with Crippen molar-refractivity contribution in [3.05, 3.63) is 49.7 Å². The second-order valence-corrected chi connectivity index (χ2v) is 5.29. The number of non-ortho nitro benzene ring substituents is 1. The molecule has 0 saturated carbocycles. The van der Waals surface area contributed by atoms with E-state index in [1.165, 1.54) is 6.07 Å². The Bertz CT molecular complexity index is 836. The smallest absolute Gasteiger partial charge is 0.319 e. The molecule has 2 aromatic rings. The molecule has 0 saturated heterocycles. The third-order valence-corrected chi connectivity index (χ3v) is 3.57. The van der Waals surface area contributed by atoms with Gasteiger partial charge in [-0.25, -0.2) is 0 Å². The zero-order valence-corrected chi connectivity index (χ0v) is 13.2. The Morgan fingerprint density at radius 3 is 2.50 bits per heavy atom. The third kappa shape index (κ3) is 3.44. The van der Waals surface area contributed by atoms with E-state index in [0.717, 1.165) is 19.2 Å². The number of nitro groups is 1. The highest BCUT2D eigenvalue weighted by Gasteiger charge is 2.39. The van der Waals surface area contributed by atoms with E-state index in [1.54, 1.807) is 0 Å². The number of hydrogen-bond donors (Lipinski definition) is 1. The lowest BCUT2D eigenvalue weighted by Crippen LogP contribution is -2.17. The second kappa shape index (κ2) is 6.29. The SMILES string of the molecule is Cn1nc(C(F)(F)F)c(Cl)c1C(=O)Nc1cc([N+](=O)[O-])ccc1Cl. The summed E-state index contributed by atoms with van der Waals surface area (Å²) in [5, 5.41) is 15.2. The van der Waals surface area contributed by atoms with Gasteiger partial charge in [-0.05, 0) is 6.07 Å².